The molecule has 0 unspecified atom stereocenters. The number of hydrogen-bond donors (Lipinski definition) is 0. The Morgan fingerprint density at radius 3 is 2.22 bits per heavy atom. The van der Waals surface area contributed by atoms with E-state index in [4.69, 9.17) is 51.1 Å². The van der Waals surface area contributed by atoms with E-state index in [2.05, 4.69) is 4.90 Å². The van der Waals surface area contributed by atoms with Gasteiger partial charge < -0.3 is 9.64 Å². The molecular formula is C29H27Cl4N3O5. The van der Waals surface area contributed by atoms with E-state index in [-0.39, 0.29) is 36.5 Å². The van der Waals surface area contributed by atoms with Gasteiger partial charge in [0.2, 0.25) is 5.91 Å². The van der Waals surface area contributed by atoms with E-state index in [1.807, 2.05) is 0 Å². The molecular weight excluding hydrogens is 612 g/mol. The lowest BCUT2D eigenvalue weighted by Gasteiger charge is -2.32. The summed E-state index contributed by atoms with van der Waals surface area (Å²) in [7, 11) is 1.67. The molecule has 1 amide bonds. The van der Waals surface area contributed by atoms with Crippen LogP contribution in [0.3, 0.4) is 0 Å². The van der Waals surface area contributed by atoms with E-state index in [9.17, 15) is 19.7 Å². The molecule has 1 fully saturated rings. The normalized spacial score (nSPS) is 15.9. The minimum atomic E-state index is -0.490. The summed E-state index contributed by atoms with van der Waals surface area (Å²) in [6.45, 7) is 1.49. The Balaban J connectivity index is 1.45. The van der Waals surface area contributed by atoms with Crippen LogP contribution in [0.25, 0.3) is 0 Å². The van der Waals surface area contributed by atoms with Crippen molar-refractivity contribution < 1.29 is 19.2 Å². The molecule has 0 aliphatic carbocycles. The summed E-state index contributed by atoms with van der Waals surface area (Å²) in [5.41, 5.74) is 1.97. The molecule has 3 aromatic rings. The number of likely N-dealkylation sites (N-methyl/N-ethyl adjacent to an activating group) is 1. The Morgan fingerprint density at radius 1 is 0.976 bits per heavy atom. The molecule has 8 nitrogen and oxygen atoms in total. The predicted molar refractivity (Wildman–Crippen MR) is 160 cm³/mol. The molecule has 4 rings (SSSR count). The van der Waals surface area contributed by atoms with Gasteiger partial charge in [-0.25, -0.2) is 0 Å². The second-order valence-corrected chi connectivity index (χ2v) is 11.5. The molecule has 0 saturated carbocycles. The smallest absolute Gasteiger partial charge is 0.310 e. The van der Waals surface area contributed by atoms with Gasteiger partial charge in [0.1, 0.15) is 6.10 Å². The summed E-state index contributed by atoms with van der Waals surface area (Å²) in [5, 5.41) is 13.0. The van der Waals surface area contributed by atoms with Crippen molar-refractivity contribution in [3.63, 3.8) is 0 Å². The number of non-ortho nitro benzene ring substituents is 1. The SMILES string of the molecule is CN(C(=O)Cc1ccc(Cl)c(Cl)c1)[C@H](CN1CC[C@H](OC(=O)Cc2ccc(Cl)c(Cl)c2)C1)c1cccc([N+](=O)[O-])c1. The first-order valence-electron chi connectivity index (χ1n) is 12.8. The summed E-state index contributed by atoms with van der Waals surface area (Å²) in [5.74, 6) is -0.567. The van der Waals surface area contributed by atoms with Gasteiger partial charge in [0.15, 0.2) is 0 Å². The molecule has 1 saturated heterocycles. The number of carbonyl (C=O) groups is 2. The van der Waals surface area contributed by atoms with Gasteiger partial charge in [0.05, 0.1) is 43.9 Å². The van der Waals surface area contributed by atoms with Crippen LogP contribution in [0.15, 0.2) is 60.7 Å². The van der Waals surface area contributed by atoms with Crippen molar-refractivity contribution in [2.24, 2.45) is 0 Å². The Kier molecular flexibility index (Phi) is 10.5. The van der Waals surface area contributed by atoms with Crippen LogP contribution in [0, 0.1) is 10.1 Å². The minimum absolute atomic E-state index is 0.0617. The van der Waals surface area contributed by atoms with Crippen LogP contribution in [-0.2, 0) is 27.2 Å². The van der Waals surface area contributed by atoms with Gasteiger partial charge in [-0.15, -0.1) is 0 Å². The molecule has 1 heterocycles. The molecule has 3 aromatic carbocycles. The second kappa shape index (κ2) is 13.9. The first-order valence-corrected chi connectivity index (χ1v) is 14.3. The summed E-state index contributed by atoms with van der Waals surface area (Å²) in [6, 6.07) is 15.8. The third-order valence-corrected chi connectivity index (χ3v) is 8.43. The largest absolute Gasteiger partial charge is 0.461 e. The van der Waals surface area contributed by atoms with Crippen molar-refractivity contribution in [2.45, 2.75) is 31.4 Å². The molecule has 0 spiro atoms. The van der Waals surface area contributed by atoms with Gasteiger partial charge in [-0.05, 0) is 47.4 Å². The number of rotatable bonds is 10. The number of benzene rings is 3. The van der Waals surface area contributed by atoms with Crippen LogP contribution in [-0.4, -0.2) is 59.4 Å². The Hall–Kier alpha value is -2.88. The monoisotopic (exact) mass is 637 g/mol. The predicted octanol–water partition coefficient (Wildman–Crippen LogP) is 6.81. The number of likely N-dealkylation sites (tertiary alicyclic amines) is 1. The lowest BCUT2D eigenvalue weighted by atomic mass is 10.0. The standard InChI is InChI=1S/C29H27Cl4N3O5/c1-34(28(37)13-18-5-7-23(30)25(32)11-18)27(20-3-2-4-21(15-20)36(39)40)17-35-10-9-22(16-35)41-29(38)14-19-6-8-24(31)26(33)12-19/h2-8,11-12,15,22,27H,9-10,13-14,16-17H2,1H3/t22-,27+/m0/s1. The van der Waals surface area contributed by atoms with E-state index < -0.39 is 11.0 Å². The van der Waals surface area contributed by atoms with E-state index >= 15 is 0 Å². The van der Waals surface area contributed by atoms with Crippen LogP contribution in [0.4, 0.5) is 5.69 Å². The number of amides is 1. The van der Waals surface area contributed by atoms with E-state index in [0.29, 0.717) is 62.8 Å². The lowest BCUT2D eigenvalue weighted by Crippen LogP contribution is -2.39. The summed E-state index contributed by atoms with van der Waals surface area (Å²) in [6.07, 6.45) is 0.437. The summed E-state index contributed by atoms with van der Waals surface area (Å²) in [4.78, 5) is 40.6. The fourth-order valence-electron chi connectivity index (χ4n) is 4.77. The zero-order valence-electron chi connectivity index (χ0n) is 22.1. The highest BCUT2D eigenvalue weighted by atomic mass is 35.5. The van der Waals surface area contributed by atoms with Crippen LogP contribution >= 0.6 is 46.4 Å². The Bertz CT molecular complexity index is 1450. The van der Waals surface area contributed by atoms with Crippen LogP contribution in [0.1, 0.15) is 29.2 Å². The third-order valence-electron chi connectivity index (χ3n) is 6.96. The van der Waals surface area contributed by atoms with Crippen molar-refractivity contribution in [1.29, 1.82) is 0 Å². The van der Waals surface area contributed by atoms with Crippen molar-refractivity contribution in [1.82, 2.24) is 9.80 Å². The molecule has 1 aliphatic rings. The van der Waals surface area contributed by atoms with Gasteiger partial charge in [0, 0.05) is 38.8 Å². The van der Waals surface area contributed by atoms with Gasteiger partial charge in [-0.2, -0.15) is 0 Å². The van der Waals surface area contributed by atoms with Crippen molar-refractivity contribution in [2.75, 3.05) is 26.7 Å². The highest BCUT2D eigenvalue weighted by Gasteiger charge is 2.31. The fourth-order valence-corrected chi connectivity index (χ4v) is 5.41. The summed E-state index contributed by atoms with van der Waals surface area (Å²) >= 11 is 24.1. The second-order valence-electron chi connectivity index (χ2n) is 9.88. The van der Waals surface area contributed by atoms with Gasteiger partial charge in [-0.1, -0.05) is 70.7 Å². The van der Waals surface area contributed by atoms with Crippen molar-refractivity contribution in [3.05, 3.63) is 108 Å². The number of ether oxygens (including phenoxy) is 1. The van der Waals surface area contributed by atoms with Crippen LogP contribution < -0.4 is 0 Å². The lowest BCUT2D eigenvalue weighted by molar-refractivity contribution is -0.385. The average Bonchev–Trinajstić information content (AvgIpc) is 3.37. The number of esters is 1. The summed E-state index contributed by atoms with van der Waals surface area (Å²) < 4.78 is 5.71. The van der Waals surface area contributed by atoms with E-state index in [1.165, 1.54) is 12.1 Å². The highest BCUT2D eigenvalue weighted by molar-refractivity contribution is 6.42. The maximum atomic E-state index is 13.4. The maximum Gasteiger partial charge on any atom is 0.310 e. The minimum Gasteiger partial charge on any atom is -0.461 e. The molecule has 41 heavy (non-hydrogen) atoms. The van der Waals surface area contributed by atoms with Crippen molar-refractivity contribution >= 4 is 64.0 Å². The number of nitro benzene ring substituents is 1. The Labute approximate surface area is 257 Å². The quantitative estimate of drug-likeness (QED) is 0.138. The topological polar surface area (TPSA) is 93.0 Å². The number of halogens is 4. The van der Waals surface area contributed by atoms with Crippen LogP contribution in [0.5, 0.6) is 0 Å². The van der Waals surface area contributed by atoms with E-state index in [0.717, 1.165) is 0 Å². The van der Waals surface area contributed by atoms with Gasteiger partial charge in [0.25, 0.3) is 5.69 Å². The number of hydrogen-bond acceptors (Lipinski definition) is 6. The molecule has 0 bridgehead atoms. The zero-order chi connectivity index (χ0) is 29.7. The van der Waals surface area contributed by atoms with Crippen molar-refractivity contribution in [3.8, 4) is 0 Å². The first-order chi connectivity index (χ1) is 19.5. The third kappa shape index (κ3) is 8.33. The van der Waals surface area contributed by atoms with Crippen LogP contribution in [0.2, 0.25) is 20.1 Å². The van der Waals surface area contributed by atoms with Gasteiger partial charge >= 0.3 is 5.97 Å². The molecule has 216 valence electrons. The number of nitrogens with zero attached hydrogens (tertiary/aromatic N) is 3. The highest BCUT2D eigenvalue weighted by Crippen LogP contribution is 2.29. The van der Waals surface area contributed by atoms with Gasteiger partial charge in [-0.3, -0.25) is 24.6 Å². The molecule has 2 atom stereocenters. The zero-order valence-corrected chi connectivity index (χ0v) is 25.1. The average molecular weight is 639 g/mol. The van der Waals surface area contributed by atoms with E-state index in [1.54, 1.807) is 60.5 Å². The fraction of sp³-hybridized carbons (Fsp3) is 0.310. The first kappa shape index (κ1) is 31.1. The molecule has 0 radical (unpaired) electrons. The Morgan fingerprint density at radius 2 is 1.61 bits per heavy atom. The molecule has 1 aliphatic heterocycles. The molecule has 0 N–H and O–H groups in total. The number of carbonyl (C=O) groups excluding carboxylic acids is 2. The molecule has 12 heteroatoms. The molecule has 0 aromatic heterocycles. The maximum absolute atomic E-state index is 13.4. The number of nitro groups is 1.